The third-order valence-electron chi connectivity index (χ3n) is 5.17. The van der Waals surface area contributed by atoms with Gasteiger partial charge in [0.25, 0.3) is 0 Å². The molecule has 0 spiro atoms. The lowest BCUT2D eigenvalue weighted by Crippen LogP contribution is -2.35. The van der Waals surface area contributed by atoms with E-state index in [2.05, 4.69) is 35.8 Å². The standard InChI is InChI=1S/C22H25FN8O/c1-14(16-3-5-17(23)6-4-16)26-22-29-19(28-20-12-24-8-9-25-20)11-21(30-22)31-10-7-18(13-31)27-15(2)32/h3-6,8-9,11-12,14,18H,7,10,13H2,1-2H3,(H,27,32)(H2,25,26,28,29,30)/t14?,18-/m1/s1. The van der Waals surface area contributed by atoms with Crippen LogP contribution in [0.5, 0.6) is 0 Å². The summed E-state index contributed by atoms with van der Waals surface area (Å²) >= 11 is 0. The average Bonchev–Trinajstić information content (AvgIpc) is 3.22. The molecule has 166 valence electrons. The summed E-state index contributed by atoms with van der Waals surface area (Å²) in [4.78, 5) is 31.1. The van der Waals surface area contributed by atoms with Gasteiger partial charge in [0, 0.05) is 44.5 Å². The van der Waals surface area contributed by atoms with E-state index in [1.165, 1.54) is 19.1 Å². The van der Waals surface area contributed by atoms with Crippen molar-refractivity contribution in [3.63, 3.8) is 0 Å². The van der Waals surface area contributed by atoms with Crippen LogP contribution < -0.4 is 20.9 Å². The number of amides is 1. The van der Waals surface area contributed by atoms with Crippen LogP contribution >= 0.6 is 0 Å². The molecule has 32 heavy (non-hydrogen) atoms. The fourth-order valence-corrected chi connectivity index (χ4v) is 3.62. The summed E-state index contributed by atoms with van der Waals surface area (Å²) in [5, 5.41) is 9.42. The number of carbonyl (C=O) groups is 1. The van der Waals surface area contributed by atoms with Crippen LogP contribution in [-0.4, -0.2) is 45.0 Å². The van der Waals surface area contributed by atoms with Gasteiger partial charge in [-0.25, -0.2) is 9.37 Å². The third kappa shape index (κ3) is 5.45. The summed E-state index contributed by atoms with van der Waals surface area (Å²) in [5.74, 6) is 1.96. The number of hydrogen-bond acceptors (Lipinski definition) is 8. The van der Waals surface area contributed by atoms with Crippen molar-refractivity contribution in [2.24, 2.45) is 0 Å². The Bertz CT molecular complexity index is 1060. The van der Waals surface area contributed by atoms with Gasteiger partial charge in [-0.15, -0.1) is 0 Å². The van der Waals surface area contributed by atoms with Crippen molar-refractivity contribution in [2.75, 3.05) is 28.6 Å². The molecule has 1 aromatic carbocycles. The van der Waals surface area contributed by atoms with Crippen molar-refractivity contribution < 1.29 is 9.18 Å². The first-order chi connectivity index (χ1) is 15.5. The molecule has 0 aliphatic carbocycles. The van der Waals surface area contributed by atoms with E-state index in [9.17, 15) is 9.18 Å². The Balaban J connectivity index is 1.58. The van der Waals surface area contributed by atoms with Gasteiger partial charge in [-0.2, -0.15) is 9.97 Å². The smallest absolute Gasteiger partial charge is 0.227 e. The minimum Gasteiger partial charge on any atom is -0.354 e. The van der Waals surface area contributed by atoms with Gasteiger partial charge in [0.05, 0.1) is 12.2 Å². The van der Waals surface area contributed by atoms with Crippen molar-refractivity contribution >= 4 is 29.3 Å². The summed E-state index contributed by atoms with van der Waals surface area (Å²) in [7, 11) is 0. The molecule has 3 aromatic rings. The molecule has 0 bridgehead atoms. The van der Waals surface area contributed by atoms with E-state index >= 15 is 0 Å². The van der Waals surface area contributed by atoms with E-state index in [0.717, 1.165) is 24.3 Å². The minimum atomic E-state index is -0.280. The summed E-state index contributed by atoms with van der Waals surface area (Å²) in [5.41, 5.74) is 0.913. The first-order valence-corrected chi connectivity index (χ1v) is 10.4. The number of halogens is 1. The Morgan fingerprint density at radius 3 is 2.72 bits per heavy atom. The van der Waals surface area contributed by atoms with Crippen LogP contribution in [0.15, 0.2) is 48.9 Å². The molecule has 1 unspecified atom stereocenters. The van der Waals surface area contributed by atoms with Crippen LogP contribution in [0, 0.1) is 5.82 Å². The molecule has 1 aliphatic heterocycles. The van der Waals surface area contributed by atoms with Crippen molar-refractivity contribution in [1.29, 1.82) is 0 Å². The Morgan fingerprint density at radius 2 is 2.00 bits per heavy atom. The maximum atomic E-state index is 13.3. The number of benzene rings is 1. The lowest BCUT2D eigenvalue weighted by Gasteiger charge is -2.21. The molecule has 2 aromatic heterocycles. The zero-order chi connectivity index (χ0) is 22.5. The molecule has 1 fully saturated rings. The molecule has 2 atom stereocenters. The fourth-order valence-electron chi connectivity index (χ4n) is 3.62. The molecule has 0 radical (unpaired) electrons. The van der Waals surface area contributed by atoms with Gasteiger partial charge in [-0.1, -0.05) is 12.1 Å². The van der Waals surface area contributed by atoms with E-state index in [-0.39, 0.29) is 23.8 Å². The van der Waals surface area contributed by atoms with Crippen molar-refractivity contribution in [1.82, 2.24) is 25.3 Å². The minimum absolute atomic E-state index is 0.0416. The highest BCUT2D eigenvalue weighted by molar-refractivity contribution is 5.73. The number of carbonyl (C=O) groups excluding carboxylic acids is 1. The Labute approximate surface area is 185 Å². The lowest BCUT2D eigenvalue weighted by molar-refractivity contribution is -0.119. The second-order valence-electron chi connectivity index (χ2n) is 7.70. The number of hydrogen-bond donors (Lipinski definition) is 3. The Kier molecular flexibility index (Phi) is 6.39. The SMILES string of the molecule is CC(=O)N[C@@H]1CCN(c2cc(Nc3cnccn3)nc(NC(C)c3ccc(F)cc3)n2)C1. The highest BCUT2D eigenvalue weighted by atomic mass is 19.1. The monoisotopic (exact) mass is 436 g/mol. The van der Waals surface area contributed by atoms with Crippen LogP contribution in [0.25, 0.3) is 0 Å². The summed E-state index contributed by atoms with van der Waals surface area (Å²) in [6.45, 7) is 4.91. The molecule has 0 saturated carbocycles. The van der Waals surface area contributed by atoms with Crippen LogP contribution in [0.4, 0.5) is 27.8 Å². The number of aromatic nitrogens is 4. The van der Waals surface area contributed by atoms with Gasteiger partial charge >= 0.3 is 0 Å². The molecular formula is C22H25FN8O. The van der Waals surface area contributed by atoms with E-state index in [0.29, 0.717) is 24.1 Å². The van der Waals surface area contributed by atoms with Crippen LogP contribution in [0.3, 0.4) is 0 Å². The lowest BCUT2D eigenvalue weighted by atomic mass is 10.1. The van der Waals surface area contributed by atoms with E-state index in [1.54, 1.807) is 30.7 Å². The van der Waals surface area contributed by atoms with Gasteiger partial charge in [-0.3, -0.25) is 9.78 Å². The van der Waals surface area contributed by atoms with Gasteiger partial charge in [-0.05, 0) is 31.0 Å². The quantitative estimate of drug-likeness (QED) is 0.519. The first-order valence-electron chi connectivity index (χ1n) is 10.4. The van der Waals surface area contributed by atoms with Crippen LogP contribution in [0.1, 0.15) is 31.9 Å². The fraction of sp³-hybridized carbons (Fsp3) is 0.318. The molecule has 9 nitrogen and oxygen atoms in total. The zero-order valence-electron chi connectivity index (χ0n) is 17.9. The topological polar surface area (TPSA) is 108 Å². The maximum Gasteiger partial charge on any atom is 0.227 e. The van der Waals surface area contributed by atoms with Gasteiger partial charge in [0.15, 0.2) is 0 Å². The van der Waals surface area contributed by atoms with Crippen molar-refractivity contribution in [3.8, 4) is 0 Å². The molecule has 4 rings (SSSR count). The van der Waals surface area contributed by atoms with Gasteiger partial charge < -0.3 is 20.9 Å². The van der Waals surface area contributed by atoms with Crippen molar-refractivity contribution in [3.05, 3.63) is 60.3 Å². The largest absolute Gasteiger partial charge is 0.354 e. The molecule has 1 aliphatic rings. The Hall–Kier alpha value is -3.82. The molecule has 1 amide bonds. The third-order valence-corrected chi connectivity index (χ3v) is 5.17. The highest BCUT2D eigenvalue weighted by Crippen LogP contribution is 2.26. The normalized spacial score (nSPS) is 16.5. The highest BCUT2D eigenvalue weighted by Gasteiger charge is 2.25. The Morgan fingerprint density at radius 1 is 1.19 bits per heavy atom. The number of nitrogens with one attached hydrogen (secondary N) is 3. The molecule has 10 heteroatoms. The molecule has 1 saturated heterocycles. The van der Waals surface area contributed by atoms with Crippen LogP contribution in [0.2, 0.25) is 0 Å². The predicted molar refractivity (Wildman–Crippen MR) is 120 cm³/mol. The summed E-state index contributed by atoms with van der Waals surface area (Å²) in [6, 6.07) is 8.10. The maximum absolute atomic E-state index is 13.3. The van der Waals surface area contributed by atoms with Gasteiger partial charge in [0.2, 0.25) is 11.9 Å². The predicted octanol–water partition coefficient (Wildman–Crippen LogP) is 3.04. The van der Waals surface area contributed by atoms with Crippen molar-refractivity contribution in [2.45, 2.75) is 32.4 Å². The number of rotatable bonds is 7. The van der Waals surface area contributed by atoms with Gasteiger partial charge in [0.1, 0.15) is 23.3 Å². The molecular weight excluding hydrogens is 411 g/mol. The molecule has 3 heterocycles. The average molecular weight is 436 g/mol. The van der Waals surface area contributed by atoms with E-state index < -0.39 is 0 Å². The van der Waals surface area contributed by atoms with E-state index in [4.69, 9.17) is 4.98 Å². The number of anilines is 4. The second-order valence-corrected chi connectivity index (χ2v) is 7.70. The number of nitrogens with zero attached hydrogens (tertiary/aromatic N) is 5. The summed E-state index contributed by atoms with van der Waals surface area (Å²) in [6.07, 6.45) is 5.64. The zero-order valence-corrected chi connectivity index (χ0v) is 17.9. The first kappa shape index (κ1) is 21.4. The summed E-state index contributed by atoms with van der Waals surface area (Å²) < 4.78 is 13.3. The molecule has 3 N–H and O–H groups in total. The van der Waals surface area contributed by atoms with Crippen LogP contribution in [-0.2, 0) is 4.79 Å². The second kappa shape index (κ2) is 9.54. The van der Waals surface area contributed by atoms with E-state index in [1.807, 2.05) is 13.0 Å².